The molecule has 1 N–H and O–H groups in total. The molecule has 0 bridgehead atoms. The summed E-state index contributed by atoms with van der Waals surface area (Å²) in [6, 6.07) is 12.7. The zero-order chi connectivity index (χ0) is 16.7. The Balaban J connectivity index is 1.66. The van der Waals surface area contributed by atoms with E-state index < -0.39 is 11.6 Å². The Labute approximate surface area is 136 Å². The number of aromatic nitrogens is 1. The van der Waals surface area contributed by atoms with Gasteiger partial charge in [0.05, 0.1) is 6.54 Å². The fraction of sp³-hybridized carbons (Fsp3) is 0.0556. The van der Waals surface area contributed by atoms with Crippen LogP contribution in [-0.2, 0) is 6.54 Å². The van der Waals surface area contributed by atoms with Gasteiger partial charge in [-0.2, -0.15) is 0 Å². The number of benzene rings is 2. The minimum absolute atomic E-state index is 0.0229. The molecule has 24 heavy (non-hydrogen) atoms. The molecule has 3 aromatic rings. The fourth-order valence-electron chi connectivity index (χ4n) is 2.66. The molecular weight excluding hydrogens is 311 g/mol. The monoisotopic (exact) mass is 322 g/mol. The lowest BCUT2D eigenvalue weighted by molar-refractivity contribution is 0.0812. The first-order valence-corrected chi connectivity index (χ1v) is 7.31. The molecule has 0 spiro atoms. The molecule has 0 saturated heterocycles. The minimum atomic E-state index is -0.676. The van der Waals surface area contributed by atoms with Gasteiger partial charge in [0, 0.05) is 16.8 Å². The number of carbonyl (C=O) groups is 2. The Morgan fingerprint density at radius 3 is 2.58 bits per heavy atom. The molecule has 0 aliphatic heterocycles. The van der Waals surface area contributed by atoms with Gasteiger partial charge in [0.1, 0.15) is 5.82 Å². The minimum Gasteiger partial charge on any atom is -0.438 e. The average molecular weight is 322 g/mol. The van der Waals surface area contributed by atoms with Gasteiger partial charge in [-0.3, -0.25) is 9.59 Å². The summed E-state index contributed by atoms with van der Waals surface area (Å²) in [5, 5.41) is 2.97. The van der Waals surface area contributed by atoms with Crippen LogP contribution in [0.15, 0.2) is 52.9 Å². The van der Waals surface area contributed by atoms with Gasteiger partial charge in [0.2, 0.25) is 11.7 Å². The van der Waals surface area contributed by atoms with Crippen LogP contribution >= 0.6 is 0 Å². The van der Waals surface area contributed by atoms with Crippen LogP contribution in [0.4, 0.5) is 10.1 Å². The number of hydrogen-bond donors (Lipinski definition) is 1. The molecule has 0 saturated carbocycles. The summed E-state index contributed by atoms with van der Waals surface area (Å²) in [5.74, 6) is -1.07. The number of Topliss-reactive ketones (excluding diaryl/α,β-unsaturated/α-hetero) is 2. The zero-order valence-corrected chi connectivity index (χ0v) is 12.4. The number of hydrogen-bond acceptors (Lipinski definition) is 5. The highest BCUT2D eigenvalue weighted by Gasteiger charge is 2.35. The van der Waals surface area contributed by atoms with Gasteiger partial charge >= 0.3 is 0 Å². The smallest absolute Gasteiger partial charge is 0.255 e. The Kier molecular flexibility index (Phi) is 3.23. The van der Waals surface area contributed by atoms with Crippen LogP contribution in [-0.4, -0.2) is 16.6 Å². The average Bonchev–Trinajstić information content (AvgIpc) is 3.03. The maximum absolute atomic E-state index is 13.2. The normalized spacial score (nSPS) is 12.7. The van der Waals surface area contributed by atoms with Crippen molar-refractivity contribution in [2.45, 2.75) is 6.54 Å². The summed E-state index contributed by atoms with van der Waals surface area (Å²) in [4.78, 5) is 28.4. The van der Waals surface area contributed by atoms with Gasteiger partial charge in [-0.15, -0.1) is 0 Å². The first-order chi connectivity index (χ1) is 11.6. The molecule has 1 aliphatic rings. The molecule has 1 aromatic heterocycles. The lowest BCUT2D eigenvalue weighted by Crippen LogP contribution is -2.20. The number of ketones is 2. The van der Waals surface area contributed by atoms with Gasteiger partial charge < -0.3 is 9.73 Å². The van der Waals surface area contributed by atoms with Gasteiger partial charge in [-0.05, 0) is 18.2 Å². The number of oxazole rings is 1. The number of nitrogens with zero attached hydrogens (tertiary/aromatic N) is 1. The summed E-state index contributed by atoms with van der Waals surface area (Å²) in [7, 11) is 0. The third-order valence-corrected chi connectivity index (χ3v) is 3.78. The summed E-state index contributed by atoms with van der Waals surface area (Å²) in [6.45, 7) is 0.167. The zero-order valence-electron chi connectivity index (χ0n) is 12.4. The number of rotatable bonds is 3. The molecule has 0 fully saturated rings. The summed E-state index contributed by atoms with van der Waals surface area (Å²) in [5.41, 5.74) is 1.46. The van der Waals surface area contributed by atoms with E-state index >= 15 is 0 Å². The van der Waals surface area contributed by atoms with E-state index in [-0.39, 0.29) is 23.9 Å². The van der Waals surface area contributed by atoms with Crippen molar-refractivity contribution in [2.24, 2.45) is 0 Å². The first kappa shape index (κ1) is 14.3. The largest absolute Gasteiger partial charge is 0.438 e. The van der Waals surface area contributed by atoms with Gasteiger partial charge in [0.15, 0.2) is 11.5 Å². The van der Waals surface area contributed by atoms with Crippen LogP contribution in [0.25, 0.3) is 11.3 Å². The van der Waals surface area contributed by atoms with Crippen LogP contribution in [0, 0.1) is 5.82 Å². The van der Waals surface area contributed by atoms with Crippen molar-refractivity contribution in [2.75, 3.05) is 5.32 Å². The third-order valence-electron chi connectivity index (χ3n) is 3.78. The standard InChI is InChI=1S/C18H11FN2O3/c19-10-4-3-5-11(8-10)20-9-14-21-15-17(23)16(22)12-6-1-2-7-13(12)18(15)24-14/h1-8,20H,9H2. The lowest BCUT2D eigenvalue weighted by atomic mass is 9.91. The van der Waals surface area contributed by atoms with Gasteiger partial charge in [0.25, 0.3) is 5.78 Å². The molecule has 4 rings (SSSR count). The van der Waals surface area contributed by atoms with Crippen LogP contribution in [0.5, 0.6) is 0 Å². The number of fused-ring (bicyclic) bond motifs is 3. The van der Waals surface area contributed by atoms with Gasteiger partial charge in [-0.25, -0.2) is 9.37 Å². The molecule has 0 unspecified atom stereocenters. The molecule has 5 nitrogen and oxygen atoms in total. The second kappa shape index (κ2) is 5.42. The molecule has 118 valence electrons. The second-order valence-corrected chi connectivity index (χ2v) is 5.35. The third kappa shape index (κ3) is 2.28. The van der Waals surface area contributed by atoms with E-state index in [1.54, 1.807) is 36.4 Å². The molecule has 0 amide bonds. The maximum atomic E-state index is 13.2. The second-order valence-electron chi connectivity index (χ2n) is 5.35. The Bertz CT molecular complexity index is 978. The maximum Gasteiger partial charge on any atom is 0.255 e. The van der Waals surface area contributed by atoms with Crippen molar-refractivity contribution in [3.63, 3.8) is 0 Å². The lowest BCUT2D eigenvalue weighted by Gasteiger charge is -2.10. The summed E-state index contributed by atoms with van der Waals surface area (Å²) < 4.78 is 18.8. The fourth-order valence-corrected chi connectivity index (χ4v) is 2.66. The Hall–Kier alpha value is -3.28. The molecular formula is C18H11FN2O3. The van der Waals surface area contributed by atoms with E-state index in [4.69, 9.17) is 4.42 Å². The predicted octanol–water partition coefficient (Wildman–Crippen LogP) is 3.47. The number of carbonyl (C=O) groups excluding carboxylic acids is 2. The first-order valence-electron chi connectivity index (χ1n) is 7.31. The summed E-state index contributed by atoms with van der Waals surface area (Å²) >= 11 is 0. The van der Waals surface area contributed by atoms with Crippen molar-refractivity contribution < 1.29 is 18.4 Å². The van der Waals surface area contributed by atoms with Gasteiger partial charge in [-0.1, -0.05) is 30.3 Å². The highest BCUT2D eigenvalue weighted by atomic mass is 19.1. The molecule has 2 aromatic carbocycles. The van der Waals surface area contributed by atoms with Crippen molar-refractivity contribution in [1.29, 1.82) is 0 Å². The number of nitrogens with one attached hydrogen (secondary N) is 1. The van der Waals surface area contributed by atoms with E-state index in [2.05, 4.69) is 10.3 Å². The predicted molar refractivity (Wildman–Crippen MR) is 84.3 cm³/mol. The van der Waals surface area contributed by atoms with Crippen molar-refractivity contribution >= 4 is 17.3 Å². The molecule has 0 radical (unpaired) electrons. The highest BCUT2D eigenvalue weighted by Crippen LogP contribution is 2.33. The van der Waals surface area contributed by atoms with E-state index in [9.17, 15) is 14.0 Å². The van der Waals surface area contributed by atoms with E-state index in [0.717, 1.165) is 0 Å². The molecule has 6 heteroatoms. The SMILES string of the molecule is O=C1C(=O)c2nc(CNc3cccc(F)c3)oc2-c2ccccc21. The highest BCUT2D eigenvalue weighted by molar-refractivity contribution is 6.52. The van der Waals surface area contributed by atoms with Crippen LogP contribution in [0.1, 0.15) is 26.7 Å². The molecule has 0 atom stereocenters. The Morgan fingerprint density at radius 1 is 1.00 bits per heavy atom. The van der Waals surface area contributed by atoms with Crippen LogP contribution in [0.3, 0.4) is 0 Å². The topological polar surface area (TPSA) is 72.2 Å². The van der Waals surface area contributed by atoms with Crippen LogP contribution in [0.2, 0.25) is 0 Å². The molecule has 1 aliphatic carbocycles. The number of anilines is 1. The van der Waals surface area contributed by atoms with E-state index in [1.165, 1.54) is 12.1 Å². The van der Waals surface area contributed by atoms with Crippen molar-refractivity contribution in [3.8, 4) is 11.3 Å². The molecule has 1 heterocycles. The van der Waals surface area contributed by atoms with E-state index in [0.29, 0.717) is 22.6 Å². The number of halogens is 1. The Morgan fingerprint density at radius 2 is 1.79 bits per heavy atom. The van der Waals surface area contributed by atoms with E-state index in [1.807, 2.05) is 0 Å². The van der Waals surface area contributed by atoms with Crippen LogP contribution < -0.4 is 5.32 Å². The summed E-state index contributed by atoms with van der Waals surface area (Å²) in [6.07, 6.45) is 0. The quantitative estimate of drug-likeness (QED) is 0.748. The van der Waals surface area contributed by atoms with Crippen molar-refractivity contribution in [1.82, 2.24) is 4.98 Å². The van der Waals surface area contributed by atoms with Crippen molar-refractivity contribution in [3.05, 3.63) is 71.5 Å².